The summed E-state index contributed by atoms with van der Waals surface area (Å²) in [6.45, 7) is 0. The number of carbonyl (C=O) groups is 2. The van der Waals surface area contributed by atoms with Crippen LogP contribution in [0.2, 0.25) is 0 Å². The predicted molar refractivity (Wildman–Crippen MR) is 53.5 cm³/mol. The van der Waals surface area contributed by atoms with Gasteiger partial charge in [-0.1, -0.05) is 0 Å². The first-order valence-electron chi connectivity index (χ1n) is 4.04. The first-order valence-corrected chi connectivity index (χ1v) is 4.57. The van der Waals surface area contributed by atoms with Gasteiger partial charge < -0.3 is 0 Å². The van der Waals surface area contributed by atoms with E-state index in [1.54, 1.807) is 0 Å². The highest BCUT2D eigenvalue weighted by Crippen LogP contribution is 2.23. The van der Waals surface area contributed by atoms with E-state index in [-0.39, 0.29) is 6.29 Å². The van der Waals surface area contributed by atoms with Crippen LogP contribution in [-0.4, -0.2) is 22.9 Å². The summed E-state index contributed by atoms with van der Waals surface area (Å²) < 4.78 is 13.3. The topological polar surface area (TPSA) is 77.3 Å². The molecule has 0 aliphatic carbocycles. The number of nitro benzene ring substituents is 1. The molecule has 1 aromatic rings. The SMILES string of the molecule is O=Cc1c([N+](=O)[O-])ccc(F)c1C(=O)CCl. The lowest BCUT2D eigenvalue weighted by Crippen LogP contribution is -2.10. The van der Waals surface area contributed by atoms with Gasteiger partial charge in [-0.15, -0.1) is 11.6 Å². The van der Waals surface area contributed by atoms with Crippen molar-refractivity contribution in [1.82, 2.24) is 0 Å². The number of Topliss-reactive ketones (excluding diaryl/α,β-unsaturated/α-hetero) is 1. The summed E-state index contributed by atoms with van der Waals surface area (Å²) in [6.07, 6.45) is 0.0704. The maximum atomic E-state index is 13.3. The number of halogens is 2. The van der Waals surface area contributed by atoms with E-state index in [0.29, 0.717) is 0 Å². The van der Waals surface area contributed by atoms with Crippen LogP contribution in [0.15, 0.2) is 12.1 Å². The molecule has 7 heteroatoms. The van der Waals surface area contributed by atoms with Gasteiger partial charge in [0.25, 0.3) is 5.69 Å². The zero-order valence-electron chi connectivity index (χ0n) is 7.78. The minimum Gasteiger partial charge on any atom is -0.298 e. The van der Waals surface area contributed by atoms with E-state index >= 15 is 0 Å². The molecule has 0 atom stereocenters. The van der Waals surface area contributed by atoms with Crippen molar-refractivity contribution in [1.29, 1.82) is 0 Å². The van der Waals surface area contributed by atoms with Crippen molar-refractivity contribution >= 4 is 29.4 Å². The van der Waals surface area contributed by atoms with Crippen LogP contribution in [0.1, 0.15) is 20.7 Å². The molecule has 0 unspecified atom stereocenters. The molecule has 1 aromatic carbocycles. The van der Waals surface area contributed by atoms with Gasteiger partial charge in [0, 0.05) is 6.07 Å². The number of rotatable bonds is 4. The van der Waals surface area contributed by atoms with Crippen LogP contribution in [0, 0.1) is 15.9 Å². The largest absolute Gasteiger partial charge is 0.298 e. The average Bonchev–Trinajstić information content (AvgIpc) is 2.26. The van der Waals surface area contributed by atoms with E-state index in [0.717, 1.165) is 12.1 Å². The highest BCUT2D eigenvalue weighted by Gasteiger charge is 2.24. The second kappa shape index (κ2) is 4.80. The van der Waals surface area contributed by atoms with E-state index in [1.807, 2.05) is 0 Å². The van der Waals surface area contributed by atoms with Gasteiger partial charge in [-0.25, -0.2) is 4.39 Å². The zero-order chi connectivity index (χ0) is 12.3. The van der Waals surface area contributed by atoms with Crippen molar-refractivity contribution in [2.75, 3.05) is 5.88 Å². The van der Waals surface area contributed by atoms with Gasteiger partial charge in [-0.05, 0) is 6.07 Å². The molecule has 0 radical (unpaired) electrons. The molecule has 0 amide bonds. The fourth-order valence-electron chi connectivity index (χ4n) is 1.21. The van der Waals surface area contributed by atoms with E-state index in [9.17, 15) is 24.1 Å². The third-order valence-corrected chi connectivity index (χ3v) is 2.13. The maximum absolute atomic E-state index is 13.3. The van der Waals surface area contributed by atoms with Crippen molar-refractivity contribution in [3.8, 4) is 0 Å². The van der Waals surface area contributed by atoms with E-state index in [2.05, 4.69) is 0 Å². The molecule has 0 N–H and O–H groups in total. The summed E-state index contributed by atoms with van der Waals surface area (Å²) >= 11 is 5.22. The third kappa shape index (κ3) is 2.06. The lowest BCUT2D eigenvalue weighted by Gasteiger charge is -2.03. The quantitative estimate of drug-likeness (QED) is 0.267. The molecule has 0 aromatic heterocycles. The number of hydrogen-bond donors (Lipinski definition) is 0. The maximum Gasteiger partial charge on any atom is 0.280 e. The average molecular weight is 246 g/mol. The smallest absolute Gasteiger partial charge is 0.280 e. The number of carbonyl (C=O) groups excluding carboxylic acids is 2. The van der Waals surface area contributed by atoms with Gasteiger partial charge in [-0.2, -0.15) is 0 Å². The monoisotopic (exact) mass is 245 g/mol. The van der Waals surface area contributed by atoms with Gasteiger partial charge in [0.1, 0.15) is 11.4 Å². The molecule has 0 bridgehead atoms. The van der Waals surface area contributed by atoms with Gasteiger partial charge in [0.15, 0.2) is 12.1 Å². The van der Waals surface area contributed by atoms with E-state index < -0.39 is 39.2 Å². The molecule has 0 heterocycles. The predicted octanol–water partition coefficient (Wildman–Crippen LogP) is 1.97. The van der Waals surface area contributed by atoms with Crippen LogP contribution in [0.4, 0.5) is 10.1 Å². The van der Waals surface area contributed by atoms with Crippen LogP contribution in [0.25, 0.3) is 0 Å². The molecule has 16 heavy (non-hydrogen) atoms. The number of alkyl halides is 1. The molecule has 5 nitrogen and oxygen atoms in total. The Morgan fingerprint density at radius 2 is 2.19 bits per heavy atom. The van der Waals surface area contributed by atoms with Gasteiger partial charge >= 0.3 is 0 Å². The summed E-state index contributed by atoms with van der Waals surface area (Å²) in [4.78, 5) is 31.6. The molecule has 84 valence electrons. The first-order chi connectivity index (χ1) is 7.52. The minimum absolute atomic E-state index is 0.0704. The molecule has 1 rings (SSSR count). The molecule has 0 spiro atoms. The highest BCUT2D eigenvalue weighted by molar-refractivity contribution is 6.31. The Morgan fingerprint density at radius 3 is 2.62 bits per heavy atom. The second-order valence-electron chi connectivity index (χ2n) is 2.79. The fraction of sp³-hybridized carbons (Fsp3) is 0.111. The van der Waals surface area contributed by atoms with Gasteiger partial charge in [0.2, 0.25) is 0 Å². The molecule has 0 saturated heterocycles. The van der Waals surface area contributed by atoms with Crippen molar-refractivity contribution in [2.24, 2.45) is 0 Å². The Labute approximate surface area is 94.0 Å². The Bertz CT molecular complexity index is 475. The van der Waals surface area contributed by atoms with Crippen LogP contribution in [0.5, 0.6) is 0 Å². The number of benzene rings is 1. The highest BCUT2D eigenvalue weighted by atomic mass is 35.5. The lowest BCUT2D eigenvalue weighted by molar-refractivity contribution is -0.385. The summed E-state index contributed by atoms with van der Waals surface area (Å²) in [5, 5.41) is 10.5. The number of aldehydes is 1. The summed E-state index contributed by atoms with van der Waals surface area (Å²) in [5.41, 5.74) is -1.85. The summed E-state index contributed by atoms with van der Waals surface area (Å²) in [5.74, 6) is -2.43. The van der Waals surface area contributed by atoms with Crippen molar-refractivity contribution in [3.63, 3.8) is 0 Å². The van der Waals surface area contributed by atoms with Gasteiger partial charge in [-0.3, -0.25) is 19.7 Å². The molecular weight excluding hydrogens is 241 g/mol. The number of hydrogen-bond acceptors (Lipinski definition) is 4. The molecule has 0 aliphatic heterocycles. The Balaban J connectivity index is 3.56. The number of nitrogens with zero attached hydrogens (tertiary/aromatic N) is 1. The van der Waals surface area contributed by atoms with Crippen LogP contribution < -0.4 is 0 Å². The molecule has 0 saturated carbocycles. The summed E-state index contributed by atoms with van der Waals surface area (Å²) in [7, 11) is 0. The van der Waals surface area contributed by atoms with Crippen LogP contribution >= 0.6 is 11.6 Å². The standard InChI is InChI=1S/C9H5ClFNO4/c10-3-8(14)9-5(4-13)7(12(15)16)2-1-6(9)11/h1-2,4H,3H2. The molecule has 0 aliphatic rings. The van der Waals surface area contributed by atoms with Crippen molar-refractivity contribution in [3.05, 3.63) is 39.2 Å². The Hall–Kier alpha value is -1.82. The van der Waals surface area contributed by atoms with Crippen molar-refractivity contribution < 1.29 is 18.9 Å². The van der Waals surface area contributed by atoms with E-state index in [4.69, 9.17) is 11.6 Å². The third-order valence-electron chi connectivity index (χ3n) is 1.89. The number of nitro groups is 1. The Kier molecular flexibility index (Phi) is 3.68. The number of ketones is 1. The summed E-state index contributed by atoms with van der Waals surface area (Å²) in [6, 6.07) is 1.58. The Morgan fingerprint density at radius 1 is 1.56 bits per heavy atom. The lowest BCUT2D eigenvalue weighted by atomic mass is 10.0. The van der Waals surface area contributed by atoms with E-state index in [1.165, 1.54) is 0 Å². The van der Waals surface area contributed by atoms with Gasteiger partial charge in [0.05, 0.1) is 16.4 Å². The first kappa shape index (κ1) is 12.3. The molecular formula is C9H5ClFNO4. The molecule has 0 fully saturated rings. The minimum atomic E-state index is -1.00. The fourth-order valence-corrected chi connectivity index (χ4v) is 1.34. The zero-order valence-corrected chi connectivity index (χ0v) is 8.53. The normalized spacial score (nSPS) is 9.88. The second-order valence-corrected chi connectivity index (χ2v) is 3.05. The van der Waals surface area contributed by atoms with Crippen molar-refractivity contribution in [2.45, 2.75) is 0 Å². The van der Waals surface area contributed by atoms with Crippen LogP contribution in [0.3, 0.4) is 0 Å². The van der Waals surface area contributed by atoms with Crippen LogP contribution in [-0.2, 0) is 0 Å².